The fraction of sp³-hybridized carbons (Fsp3) is 1.00. The Balaban J connectivity index is 2.57. The Morgan fingerprint density at radius 3 is 2.92 bits per heavy atom. The predicted molar refractivity (Wildman–Crippen MR) is 43.1 cm³/mol. The molecule has 0 aromatic heterocycles. The molecule has 1 aliphatic heterocycles. The summed E-state index contributed by atoms with van der Waals surface area (Å²) in [6.45, 7) is 0.344. The number of methoxy groups -OCH3 is 2. The van der Waals surface area contributed by atoms with Crippen LogP contribution >= 0.6 is 0 Å². The van der Waals surface area contributed by atoms with E-state index < -0.39 is 18.2 Å². The SMILES string of the molecule is [2H]OC1[C@@H](COC)O[C@@H]([B])[C@H]1OC. The van der Waals surface area contributed by atoms with Gasteiger partial charge in [-0.2, -0.15) is 0 Å². The maximum absolute atomic E-state index is 6.86. The third kappa shape index (κ3) is 1.80. The van der Waals surface area contributed by atoms with Crippen LogP contribution in [0.15, 0.2) is 0 Å². The first-order valence-corrected chi connectivity index (χ1v) is 3.79. The van der Waals surface area contributed by atoms with Crippen LogP contribution in [0.1, 0.15) is 0 Å². The molecule has 5 heteroatoms. The Bertz CT molecular complexity index is 159. The number of hydrogen-bond acceptors (Lipinski definition) is 4. The van der Waals surface area contributed by atoms with Crippen molar-refractivity contribution in [3.05, 3.63) is 0 Å². The molecule has 0 aliphatic carbocycles. The smallest absolute Gasteiger partial charge is 0.211 e. The second-order valence-electron chi connectivity index (χ2n) is 2.76. The average Bonchev–Trinajstić information content (AvgIpc) is 2.41. The maximum Gasteiger partial charge on any atom is 0.211 e. The maximum atomic E-state index is 6.86. The summed E-state index contributed by atoms with van der Waals surface area (Å²) in [4.78, 5) is 0. The summed E-state index contributed by atoms with van der Waals surface area (Å²) in [7, 11) is 8.67. The van der Waals surface area contributed by atoms with Crippen LogP contribution in [-0.4, -0.2) is 59.5 Å². The van der Waals surface area contributed by atoms with E-state index in [4.69, 9.17) is 23.5 Å². The third-order valence-corrected chi connectivity index (χ3v) is 1.95. The van der Waals surface area contributed by atoms with E-state index in [0.29, 0.717) is 6.61 Å². The lowest BCUT2D eigenvalue weighted by Gasteiger charge is -2.16. The van der Waals surface area contributed by atoms with Gasteiger partial charge in [-0.15, -0.1) is 0 Å². The molecule has 2 radical (unpaired) electrons. The second kappa shape index (κ2) is 4.23. The van der Waals surface area contributed by atoms with Crippen LogP contribution in [0, 0.1) is 0 Å². The molecule has 1 fully saturated rings. The van der Waals surface area contributed by atoms with Crippen molar-refractivity contribution < 1.29 is 19.3 Å². The molecule has 12 heavy (non-hydrogen) atoms. The Hall–Kier alpha value is -0.0951. The van der Waals surface area contributed by atoms with Crippen molar-refractivity contribution in [2.24, 2.45) is 0 Å². The van der Waals surface area contributed by atoms with E-state index in [9.17, 15) is 0 Å². The molecule has 68 valence electrons. The fourth-order valence-electron chi connectivity index (χ4n) is 1.32. The van der Waals surface area contributed by atoms with E-state index in [1.54, 1.807) is 7.11 Å². The van der Waals surface area contributed by atoms with Crippen molar-refractivity contribution in [3.63, 3.8) is 0 Å². The zero-order valence-electron chi connectivity index (χ0n) is 8.23. The molecule has 0 amide bonds. The van der Waals surface area contributed by atoms with E-state index >= 15 is 0 Å². The summed E-state index contributed by atoms with van der Waals surface area (Å²) in [5.74, 6) is 0. The summed E-state index contributed by atoms with van der Waals surface area (Å²) < 4.78 is 22.1. The molecule has 4 atom stereocenters. The molecule has 0 bridgehead atoms. The zero-order chi connectivity index (χ0) is 9.84. The summed E-state index contributed by atoms with van der Waals surface area (Å²) in [5, 5.41) is 4.49. The van der Waals surface area contributed by atoms with Gasteiger partial charge in [0.2, 0.25) is 1.43 Å². The minimum atomic E-state index is -0.555. The Morgan fingerprint density at radius 1 is 1.67 bits per heavy atom. The Kier molecular flexibility index (Phi) is 3.00. The fourth-order valence-corrected chi connectivity index (χ4v) is 1.32. The van der Waals surface area contributed by atoms with Gasteiger partial charge < -0.3 is 19.3 Å². The molecule has 1 rings (SSSR count). The first-order valence-electron chi connectivity index (χ1n) is 4.20. The third-order valence-electron chi connectivity index (χ3n) is 1.95. The largest absolute Gasteiger partial charge is 0.388 e. The van der Waals surface area contributed by atoms with E-state index in [2.05, 4.69) is 5.11 Å². The van der Waals surface area contributed by atoms with Crippen molar-refractivity contribution >= 4 is 7.85 Å². The van der Waals surface area contributed by atoms with Crippen molar-refractivity contribution in [1.82, 2.24) is 0 Å². The van der Waals surface area contributed by atoms with Gasteiger partial charge in [-0.3, -0.25) is 0 Å². The van der Waals surface area contributed by atoms with Gasteiger partial charge in [0.15, 0.2) is 0 Å². The molecule has 4 nitrogen and oxygen atoms in total. The number of hydrogen-bond donors (Lipinski definition) is 1. The average molecular weight is 173 g/mol. The van der Waals surface area contributed by atoms with Crippen LogP contribution in [0.25, 0.3) is 0 Å². The van der Waals surface area contributed by atoms with Crippen LogP contribution < -0.4 is 0 Å². The number of aliphatic hydroxyl groups excluding tert-OH is 1. The molecular formula is C7H13BO4. The zero-order valence-corrected chi connectivity index (χ0v) is 7.23. The predicted octanol–water partition coefficient (Wildman–Crippen LogP) is -1.10. The van der Waals surface area contributed by atoms with Gasteiger partial charge in [-0.1, -0.05) is 0 Å². The Labute approximate surface area is 74.7 Å². The van der Waals surface area contributed by atoms with Crippen LogP contribution in [0.2, 0.25) is 0 Å². The van der Waals surface area contributed by atoms with Gasteiger partial charge in [0.05, 0.1) is 6.61 Å². The molecule has 1 N–H and O–H groups in total. The summed E-state index contributed by atoms with van der Waals surface area (Å²) in [6.07, 6.45) is -1.22. The molecule has 1 saturated heterocycles. The van der Waals surface area contributed by atoms with Gasteiger partial charge in [0, 0.05) is 20.2 Å². The highest BCUT2D eigenvalue weighted by atomic mass is 16.6. The quantitative estimate of drug-likeness (QED) is 0.548. The number of ether oxygens (including phenoxy) is 3. The molecule has 0 aromatic rings. The van der Waals surface area contributed by atoms with Crippen LogP contribution in [0.3, 0.4) is 0 Å². The minimum Gasteiger partial charge on any atom is -0.388 e. The summed E-state index contributed by atoms with van der Waals surface area (Å²) in [5.41, 5.74) is 0. The monoisotopic (exact) mass is 173 g/mol. The van der Waals surface area contributed by atoms with Crippen LogP contribution in [0.4, 0.5) is 0 Å². The number of rotatable bonds is 4. The molecule has 0 aromatic carbocycles. The number of aliphatic hydroxyl groups is 1. The van der Waals surface area contributed by atoms with E-state index in [1.165, 1.54) is 7.11 Å². The van der Waals surface area contributed by atoms with Crippen LogP contribution in [0.5, 0.6) is 0 Å². The summed E-state index contributed by atoms with van der Waals surface area (Å²) in [6, 6.07) is -0.555. The second-order valence-corrected chi connectivity index (χ2v) is 2.76. The van der Waals surface area contributed by atoms with E-state index in [1.807, 2.05) is 0 Å². The van der Waals surface area contributed by atoms with Crippen LogP contribution in [-0.2, 0) is 14.2 Å². The lowest BCUT2D eigenvalue weighted by Crippen LogP contribution is -2.35. The highest BCUT2D eigenvalue weighted by Gasteiger charge is 2.40. The molecule has 1 heterocycles. The van der Waals surface area contributed by atoms with Crippen molar-refractivity contribution in [3.8, 4) is 0 Å². The van der Waals surface area contributed by atoms with Crippen molar-refractivity contribution in [2.75, 3.05) is 20.8 Å². The van der Waals surface area contributed by atoms with Gasteiger partial charge in [-0.25, -0.2) is 0 Å². The topological polar surface area (TPSA) is 47.9 Å². The molecule has 1 aliphatic rings. The molecular weight excluding hydrogens is 159 g/mol. The molecule has 0 saturated carbocycles. The highest BCUT2D eigenvalue weighted by Crippen LogP contribution is 2.21. The normalized spacial score (nSPS) is 43.0. The highest BCUT2D eigenvalue weighted by molar-refractivity contribution is 6.11. The van der Waals surface area contributed by atoms with Gasteiger partial charge in [0.1, 0.15) is 26.2 Å². The first kappa shape index (κ1) is 8.50. The van der Waals surface area contributed by atoms with Gasteiger partial charge in [0.25, 0.3) is 0 Å². The van der Waals surface area contributed by atoms with Crippen molar-refractivity contribution in [1.29, 1.82) is 1.43 Å². The van der Waals surface area contributed by atoms with Crippen molar-refractivity contribution in [2.45, 2.75) is 24.3 Å². The first-order chi connectivity index (χ1) is 6.24. The molecule has 0 spiro atoms. The summed E-state index contributed by atoms with van der Waals surface area (Å²) >= 11 is 0. The van der Waals surface area contributed by atoms with E-state index in [-0.39, 0.29) is 6.10 Å². The minimum absolute atomic E-state index is 0.331. The van der Waals surface area contributed by atoms with E-state index in [0.717, 1.165) is 0 Å². The Morgan fingerprint density at radius 2 is 2.42 bits per heavy atom. The van der Waals surface area contributed by atoms with Gasteiger partial charge in [-0.05, 0) is 0 Å². The standard InChI is InChI=1S/C7H13BO4/c1-10-3-4-5(9)6(11-2)7(8)12-4/h4-7,9H,3H2,1-2H3/t4-,5?,6+,7-/m1/s1/i9D. The molecule has 1 unspecified atom stereocenters. The van der Waals surface area contributed by atoms with Gasteiger partial charge >= 0.3 is 0 Å². The lowest BCUT2D eigenvalue weighted by molar-refractivity contribution is -0.0247. The lowest BCUT2D eigenvalue weighted by atomic mass is 9.93.